The lowest BCUT2D eigenvalue weighted by atomic mass is 10.0. The van der Waals surface area contributed by atoms with Crippen molar-refractivity contribution in [1.82, 2.24) is 15.6 Å². The van der Waals surface area contributed by atoms with E-state index in [1.54, 1.807) is 7.05 Å². The van der Waals surface area contributed by atoms with E-state index in [0.29, 0.717) is 36.4 Å². The van der Waals surface area contributed by atoms with E-state index in [0.717, 1.165) is 16.7 Å². The zero-order valence-electron chi connectivity index (χ0n) is 14.5. The molecule has 0 aliphatic rings. The molecule has 0 radical (unpaired) electrons. The summed E-state index contributed by atoms with van der Waals surface area (Å²) in [6.45, 7) is 3.28. The Hall–Kier alpha value is -1.36. The predicted octanol–water partition coefficient (Wildman–Crippen LogP) is 4.29. The smallest absolute Gasteiger partial charge is 0.356 e. The van der Waals surface area contributed by atoms with Gasteiger partial charge in [0.25, 0.3) is 0 Å². The van der Waals surface area contributed by atoms with Gasteiger partial charge >= 0.3 is 6.18 Å². The Kier molecular flexibility index (Phi) is 9.34. The van der Waals surface area contributed by atoms with Crippen LogP contribution in [-0.4, -0.2) is 31.1 Å². The second-order valence-electron chi connectivity index (χ2n) is 5.57. The molecule has 0 bridgehead atoms. The van der Waals surface area contributed by atoms with Crippen LogP contribution in [0.3, 0.4) is 0 Å². The summed E-state index contributed by atoms with van der Waals surface area (Å²) in [5, 5.41) is 7.82. The molecule has 2 rings (SSSR count). The fourth-order valence-corrected chi connectivity index (χ4v) is 3.02. The minimum Gasteiger partial charge on any atom is -0.356 e. The summed E-state index contributed by atoms with van der Waals surface area (Å²) in [6, 6.07) is 10.1. The Bertz CT molecular complexity index is 689. The van der Waals surface area contributed by atoms with E-state index < -0.39 is 11.9 Å². The van der Waals surface area contributed by atoms with Crippen molar-refractivity contribution >= 4 is 41.3 Å². The van der Waals surface area contributed by atoms with Crippen LogP contribution in [0.1, 0.15) is 29.1 Å². The molecule has 1 aromatic heterocycles. The van der Waals surface area contributed by atoms with Crippen LogP contribution in [0.5, 0.6) is 0 Å². The molecule has 0 aliphatic heterocycles. The fourth-order valence-electron chi connectivity index (χ4n) is 2.21. The Balaban J connectivity index is 0.00000338. The standard InChI is InChI=1S/C17H21F3N4S.HI/c1-12(13-6-4-3-5-7-13)10-23-16(21-2)22-9-8-15-24-14(11-25-15)17(18,19)20;/h3-7,11-12H,8-10H2,1-2H3,(H2,21,22,23);1H. The maximum atomic E-state index is 12.5. The second kappa shape index (κ2) is 10.7. The largest absolute Gasteiger partial charge is 0.434 e. The number of hydrogen-bond acceptors (Lipinski definition) is 3. The summed E-state index contributed by atoms with van der Waals surface area (Å²) in [5.74, 6) is 0.934. The number of aliphatic imine (C=N–C) groups is 1. The van der Waals surface area contributed by atoms with Crippen molar-refractivity contribution in [3.05, 3.63) is 52.0 Å². The Morgan fingerprint density at radius 3 is 2.50 bits per heavy atom. The topological polar surface area (TPSA) is 49.3 Å². The lowest BCUT2D eigenvalue weighted by Crippen LogP contribution is -2.39. The molecule has 1 aromatic carbocycles. The van der Waals surface area contributed by atoms with E-state index in [-0.39, 0.29) is 24.0 Å². The van der Waals surface area contributed by atoms with Crippen LogP contribution >= 0.6 is 35.3 Å². The van der Waals surface area contributed by atoms with Crippen LogP contribution in [0, 0.1) is 0 Å². The molecule has 0 saturated carbocycles. The van der Waals surface area contributed by atoms with E-state index in [1.807, 2.05) is 18.2 Å². The third kappa shape index (κ3) is 7.10. The van der Waals surface area contributed by atoms with Crippen molar-refractivity contribution in [2.24, 2.45) is 4.99 Å². The molecule has 1 unspecified atom stereocenters. The van der Waals surface area contributed by atoms with Gasteiger partial charge in [0.1, 0.15) is 0 Å². The summed E-state index contributed by atoms with van der Waals surface area (Å²) in [6.07, 6.45) is -3.97. The number of benzene rings is 1. The highest BCUT2D eigenvalue weighted by Gasteiger charge is 2.33. The Morgan fingerprint density at radius 1 is 1.23 bits per heavy atom. The van der Waals surface area contributed by atoms with Crippen molar-refractivity contribution in [3.8, 4) is 0 Å². The van der Waals surface area contributed by atoms with Gasteiger partial charge in [-0.2, -0.15) is 13.2 Å². The molecule has 9 heteroatoms. The molecule has 26 heavy (non-hydrogen) atoms. The first kappa shape index (κ1) is 22.7. The predicted molar refractivity (Wildman–Crippen MR) is 110 cm³/mol. The lowest BCUT2D eigenvalue weighted by molar-refractivity contribution is -0.140. The zero-order chi connectivity index (χ0) is 18.3. The third-order valence-corrected chi connectivity index (χ3v) is 4.55. The highest BCUT2D eigenvalue weighted by Crippen LogP contribution is 2.29. The fraction of sp³-hybridized carbons (Fsp3) is 0.412. The molecule has 2 aromatic rings. The number of halogens is 4. The van der Waals surface area contributed by atoms with Gasteiger partial charge < -0.3 is 10.6 Å². The van der Waals surface area contributed by atoms with Crippen molar-refractivity contribution in [3.63, 3.8) is 0 Å². The Morgan fingerprint density at radius 2 is 1.92 bits per heavy atom. The number of alkyl halides is 3. The summed E-state index contributed by atoms with van der Waals surface area (Å²) in [7, 11) is 1.66. The molecule has 0 amide bonds. The minimum absolute atomic E-state index is 0. The van der Waals surface area contributed by atoms with Gasteiger partial charge in [-0.25, -0.2) is 4.98 Å². The van der Waals surface area contributed by atoms with Gasteiger partial charge in [-0.1, -0.05) is 37.3 Å². The second-order valence-corrected chi connectivity index (χ2v) is 6.51. The number of aromatic nitrogens is 1. The monoisotopic (exact) mass is 498 g/mol. The van der Waals surface area contributed by atoms with E-state index in [1.165, 1.54) is 5.56 Å². The number of rotatable bonds is 6. The normalized spacial score (nSPS) is 13.0. The summed E-state index contributed by atoms with van der Waals surface area (Å²) >= 11 is 1.02. The van der Waals surface area contributed by atoms with Gasteiger partial charge in [-0.15, -0.1) is 35.3 Å². The van der Waals surface area contributed by atoms with E-state index in [2.05, 4.69) is 39.7 Å². The molecule has 0 fully saturated rings. The van der Waals surface area contributed by atoms with Crippen LogP contribution in [0.2, 0.25) is 0 Å². The first-order chi connectivity index (χ1) is 11.9. The molecule has 2 N–H and O–H groups in total. The maximum Gasteiger partial charge on any atom is 0.434 e. The van der Waals surface area contributed by atoms with Gasteiger partial charge in [-0.3, -0.25) is 4.99 Å². The molecule has 4 nitrogen and oxygen atoms in total. The number of guanidine groups is 1. The van der Waals surface area contributed by atoms with Crippen LogP contribution in [0.15, 0.2) is 40.7 Å². The van der Waals surface area contributed by atoms with Gasteiger partial charge in [0.15, 0.2) is 11.7 Å². The average Bonchev–Trinajstić information content (AvgIpc) is 3.07. The summed E-state index contributed by atoms with van der Waals surface area (Å²) < 4.78 is 37.6. The van der Waals surface area contributed by atoms with Crippen LogP contribution in [0.25, 0.3) is 0 Å². The van der Waals surface area contributed by atoms with Gasteiger partial charge in [-0.05, 0) is 11.5 Å². The van der Waals surface area contributed by atoms with Crippen molar-refractivity contribution < 1.29 is 13.2 Å². The van der Waals surface area contributed by atoms with Gasteiger partial charge in [0.2, 0.25) is 0 Å². The molecule has 0 spiro atoms. The molecule has 1 atom stereocenters. The van der Waals surface area contributed by atoms with E-state index in [9.17, 15) is 13.2 Å². The molecule has 144 valence electrons. The molecule has 0 saturated heterocycles. The first-order valence-corrected chi connectivity index (χ1v) is 8.79. The van der Waals surface area contributed by atoms with Crippen molar-refractivity contribution in [2.45, 2.75) is 25.4 Å². The quantitative estimate of drug-likeness (QED) is 0.355. The highest BCUT2D eigenvalue weighted by atomic mass is 127. The SMILES string of the molecule is CN=C(NCCc1nc(C(F)(F)F)cs1)NCC(C)c1ccccc1.I. The van der Waals surface area contributed by atoms with E-state index >= 15 is 0 Å². The Labute approximate surface area is 172 Å². The van der Waals surface area contributed by atoms with Crippen molar-refractivity contribution in [1.29, 1.82) is 0 Å². The van der Waals surface area contributed by atoms with Crippen LogP contribution in [-0.2, 0) is 12.6 Å². The lowest BCUT2D eigenvalue weighted by Gasteiger charge is -2.16. The number of thiazole rings is 1. The number of hydrogen-bond donors (Lipinski definition) is 2. The number of nitrogens with zero attached hydrogens (tertiary/aromatic N) is 2. The van der Waals surface area contributed by atoms with E-state index in [4.69, 9.17) is 0 Å². The zero-order valence-corrected chi connectivity index (χ0v) is 17.7. The van der Waals surface area contributed by atoms with Crippen molar-refractivity contribution in [2.75, 3.05) is 20.1 Å². The first-order valence-electron chi connectivity index (χ1n) is 7.91. The van der Waals surface area contributed by atoms with Gasteiger partial charge in [0.05, 0.1) is 5.01 Å². The molecular formula is C17H22F3IN4S. The third-order valence-electron chi connectivity index (χ3n) is 3.64. The average molecular weight is 498 g/mol. The minimum atomic E-state index is -4.38. The van der Waals surface area contributed by atoms with Gasteiger partial charge in [0, 0.05) is 31.9 Å². The molecular weight excluding hydrogens is 476 g/mol. The summed E-state index contributed by atoms with van der Waals surface area (Å²) in [4.78, 5) is 7.74. The maximum absolute atomic E-state index is 12.5. The van der Waals surface area contributed by atoms with Crippen LogP contribution < -0.4 is 10.6 Å². The molecule has 1 heterocycles. The highest BCUT2D eigenvalue weighted by molar-refractivity contribution is 14.0. The number of nitrogens with one attached hydrogen (secondary N) is 2. The summed E-state index contributed by atoms with van der Waals surface area (Å²) in [5.41, 5.74) is 0.402. The van der Waals surface area contributed by atoms with Crippen LogP contribution in [0.4, 0.5) is 13.2 Å². The molecule has 0 aliphatic carbocycles.